The highest BCUT2D eigenvalue weighted by Gasteiger charge is 2.14. The number of thioether (sulfide) groups is 1. The average molecular weight is 379 g/mol. The number of nitrogens with one attached hydrogen (secondary N) is 1. The first-order chi connectivity index (χ1) is 8.49. The Balaban J connectivity index is 2.95. The normalized spacial score (nSPS) is 12.8. The second kappa shape index (κ2) is 7.53. The van der Waals surface area contributed by atoms with E-state index in [1.807, 2.05) is 18.8 Å². The van der Waals surface area contributed by atoms with Gasteiger partial charge in [0.2, 0.25) is 0 Å². The maximum Gasteiger partial charge on any atom is 0.143 e. The Bertz CT molecular complexity index is 396. The van der Waals surface area contributed by atoms with Gasteiger partial charge < -0.3 is 5.32 Å². The van der Waals surface area contributed by atoms with Gasteiger partial charge in [-0.25, -0.2) is 9.97 Å². The molecule has 0 amide bonds. The molecule has 0 fully saturated rings. The van der Waals surface area contributed by atoms with Crippen molar-refractivity contribution in [3.63, 3.8) is 0 Å². The molecule has 0 aliphatic carbocycles. The van der Waals surface area contributed by atoms with Crippen molar-refractivity contribution in [1.82, 2.24) is 9.97 Å². The molecule has 18 heavy (non-hydrogen) atoms. The largest absolute Gasteiger partial charge is 0.372 e. The molecule has 0 saturated carbocycles. The maximum atomic E-state index is 4.71. The highest BCUT2D eigenvalue weighted by molar-refractivity contribution is 14.1. The summed E-state index contributed by atoms with van der Waals surface area (Å²) in [6.07, 6.45) is 1.19. The summed E-state index contributed by atoms with van der Waals surface area (Å²) in [7, 11) is 1.92. The zero-order valence-corrected chi connectivity index (χ0v) is 14.7. The Morgan fingerprint density at radius 3 is 2.44 bits per heavy atom. The van der Waals surface area contributed by atoms with Gasteiger partial charge in [0.15, 0.2) is 0 Å². The third-order valence-corrected chi connectivity index (χ3v) is 5.17. The van der Waals surface area contributed by atoms with Crippen molar-refractivity contribution in [2.75, 3.05) is 12.4 Å². The van der Waals surface area contributed by atoms with E-state index in [0.717, 1.165) is 26.7 Å². The van der Waals surface area contributed by atoms with Crippen LogP contribution in [0.3, 0.4) is 0 Å². The summed E-state index contributed by atoms with van der Waals surface area (Å²) in [4.78, 5) is 9.30. The van der Waals surface area contributed by atoms with Gasteiger partial charge in [-0.3, -0.25) is 0 Å². The topological polar surface area (TPSA) is 37.8 Å². The number of nitrogens with zero attached hydrogens (tertiary/aromatic N) is 2. The Hall–Kier alpha value is -0.0400. The van der Waals surface area contributed by atoms with Crippen LogP contribution in [-0.2, 0) is 5.75 Å². The highest BCUT2D eigenvalue weighted by atomic mass is 127. The maximum absolute atomic E-state index is 4.71. The average Bonchev–Trinajstić information content (AvgIpc) is 2.36. The lowest BCUT2D eigenvalue weighted by molar-refractivity contribution is 0.791. The first-order valence-electron chi connectivity index (χ1n) is 6.35. The molecule has 1 aromatic heterocycles. The Kier molecular flexibility index (Phi) is 6.70. The Morgan fingerprint density at radius 1 is 1.28 bits per heavy atom. The predicted octanol–water partition coefficient (Wildman–Crippen LogP) is 4.28. The number of rotatable bonds is 6. The van der Waals surface area contributed by atoms with Gasteiger partial charge in [0.1, 0.15) is 11.6 Å². The zero-order valence-electron chi connectivity index (χ0n) is 11.7. The van der Waals surface area contributed by atoms with E-state index < -0.39 is 0 Å². The van der Waals surface area contributed by atoms with Gasteiger partial charge in [0.05, 0.1) is 15.0 Å². The second-order valence-electron chi connectivity index (χ2n) is 4.62. The molecule has 0 radical (unpaired) electrons. The summed E-state index contributed by atoms with van der Waals surface area (Å²) in [5.41, 5.74) is 1.15. The molecule has 1 aromatic rings. The summed E-state index contributed by atoms with van der Waals surface area (Å²) in [5.74, 6) is 3.21. The Labute approximate surface area is 128 Å². The van der Waals surface area contributed by atoms with Crippen LogP contribution in [-0.4, -0.2) is 22.3 Å². The Morgan fingerprint density at radius 2 is 1.94 bits per heavy atom. The fourth-order valence-electron chi connectivity index (χ4n) is 1.46. The van der Waals surface area contributed by atoms with Gasteiger partial charge in [-0.05, 0) is 34.9 Å². The van der Waals surface area contributed by atoms with Crippen molar-refractivity contribution >= 4 is 40.2 Å². The smallest absolute Gasteiger partial charge is 0.143 e. The molecule has 1 heterocycles. The molecule has 0 spiro atoms. The van der Waals surface area contributed by atoms with E-state index >= 15 is 0 Å². The molecular weight excluding hydrogens is 357 g/mol. The standard InChI is InChI=1S/C13H22IN3S/c1-6-9(4)18-7-10-16-12(8(2)3)11(14)13(15-5)17-10/h8-9H,6-7H2,1-5H3,(H,15,16,17). The van der Waals surface area contributed by atoms with Crippen LogP contribution >= 0.6 is 34.4 Å². The van der Waals surface area contributed by atoms with Gasteiger partial charge in [-0.15, -0.1) is 0 Å². The van der Waals surface area contributed by atoms with Crippen LogP contribution in [0.2, 0.25) is 0 Å². The number of aromatic nitrogens is 2. The number of anilines is 1. The molecule has 1 atom stereocenters. The zero-order chi connectivity index (χ0) is 13.7. The van der Waals surface area contributed by atoms with Crippen molar-refractivity contribution in [2.24, 2.45) is 0 Å². The van der Waals surface area contributed by atoms with Crippen LogP contribution in [0.15, 0.2) is 0 Å². The predicted molar refractivity (Wildman–Crippen MR) is 89.4 cm³/mol. The highest BCUT2D eigenvalue weighted by Crippen LogP contribution is 2.26. The quantitative estimate of drug-likeness (QED) is 0.749. The summed E-state index contributed by atoms with van der Waals surface area (Å²) < 4.78 is 1.14. The number of hydrogen-bond donors (Lipinski definition) is 1. The first-order valence-corrected chi connectivity index (χ1v) is 8.47. The van der Waals surface area contributed by atoms with Gasteiger partial charge in [0.25, 0.3) is 0 Å². The first kappa shape index (κ1) is 16.0. The van der Waals surface area contributed by atoms with Crippen LogP contribution in [0.4, 0.5) is 5.82 Å². The molecule has 1 rings (SSSR count). The van der Waals surface area contributed by atoms with Gasteiger partial charge in [0, 0.05) is 12.3 Å². The summed E-state index contributed by atoms with van der Waals surface area (Å²) in [6.45, 7) is 8.82. The van der Waals surface area contributed by atoms with Crippen LogP contribution in [0.25, 0.3) is 0 Å². The van der Waals surface area contributed by atoms with E-state index in [9.17, 15) is 0 Å². The molecule has 0 aromatic carbocycles. The molecule has 102 valence electrons. The summed E-state index contributed by atoms with van der Waals surface area (Å²) >= 11 is 4.25. The van der Waals surface area contributed by atoms with Crippen molar-refractivity contribution in [1.29, 1.82) is 0 Å². The van der Waals surface area contributed by atoms with Crippen molar-refractivity contribution in [3.8, 4) is 0 Å². The molecule has 5 heteroatoms. The van der Waals surface area contributed by atoms with E-state index in [0.29, 0.717) is 11.2 Å². The molecule has 1 N–H and O–H groups in total. The molecule has 1 unspecified atom stereocenters. The van der Waals surface area contributed by atoms with Crippen molar-refractivity contribution in [2.45, 2.75) is 51.0 Å². The van der Waals surface area contributed by atoms with E-state index in [-0.39, 0.29) is 0 Å². The van der Waals surface area contributed by atoms with E-state index in [4.69, 9.17) is 4.98 Å². The minimum atomic E-state index is 0.430. The van der Waals surface area contributed by atoms with Crippen LogP contribution in [0.1, 0.15) is 51.6 Å². The lowest BCUT2D eigenvalue weighted by Crippen LogP contribution is -2.09. The van der Waals surface area contributed by atoms with Crippen LogP contribution in [0.5, 0.6) is 0 Å². The number of halogens is 1. The van der Waals surface area contributed by atoms with Crippen molar-refractivity contribution in [3.05, 3.63) is 15.1 Å². The molecule has 0 aliphatic rings. The van der Waals surface area contributed by atoms with Crippen LogP contribution in [0, 0.1) is 3.57 Å². The lowest BCUT2D eigenvalue weighted by Gasteiger charge is -2.14. The van der Waals surface area contributed by atoms with Crippen molar-refractivity contribution < 1.29 is 0 Å². The molecule has 0 saturated heterocycles. The van der Waals surface area contributed by atoms with Crippen LogP contribution < -0.4 is 5.32 Å². The SMILES string of the molecule is CCC(C)SCc1nc(NC)c(I)c(C(C)C)n1. The molecular formula is C13H22IN3S. The van der Waals surface area contributed by atoms with Gasteiger partial charge in [-0.2, -0.15) is 11.8 Å². The number of hydrogen-bond acceptors (Lipinski definition) is 4. The molecule has 3 nitrogen and oxygen atoms in total. The third-order valence-electron chi connectivity index (χ3n) is 2.78. The lowest BCUT2D eigenvalue weighted by atomic mass is 10.1. The van der Waals surface area contributed by atoms with Gasteiger partial charge in [-0.1, -0.05) is 27.7 Å². The fraction of sp³-hybridized carbons (Fsp3) is 0.692. The molecule has 0 bridgehead atoms. The fourth-order valence-corrected chi connectivity index (χ4v) is 3.39. The van der Waals surface area contributed by atoms with E-state index in [1.165, 1.54) is 6.42 Å². The third kappa shape index (κ3) is 4.26. The molecule has 0 aliphatic heterocycles. The van der Waals surface area contributed by atoms with Gasteiger partial charge >= 0.3 is 0 Å². The minimum Gasteiger partial charge on any atom is -0.372 e. The minimum absolute atomic E-state index is 0.430. The van der Waals surface area contributed by atoms with E-state index in [2.05, 4.69) is 60.6 Å². The monoisotopic (exact) mass is 379 g/mol. The summed E-state index contributed by atoms with van der Waals surface area (Å²) in [5, 5.41) is 3.83. The second-order valence-corrected chi connectivity index (χ2v) is 7.13. The summed E-state index contributed by atoms with van der Waals surface area (Å²) in [6, 6.07) is 0. The van der Waals surface area contributed by atoms with E-state index in [1.54, 1.807) is 0 Å².